The molecule has 1 aromatic rings. The van der Waals surface area contributed by atoms with Gasteiger partial charge in [-0.25, -0.2) is 9.59 Å². The lowest BCUT2D eigenvalue weighted by Crippen LogP contribution is -2.32. The predicted octanol–water partition coefficient (Wildman–Crippen LogP) is 2.35. The average molecular weight is 350 g/mol. The van der Waals surface area contributed by atoms with E-state index in [1.807, 2.05) is 24.3 Å². The van der Waals surface area contributed by atoms with Crippen molar-refractivity contribution in [3.8, 4) is 17.9 Å². The average Bonchev–Trinajstić information content (AvgIpc) is 2.60. The van der Waals surface area contributed by atoms with Gasteiger partial charge in [0.15, 0.2) is 0 Å². The molecule has 0 fully saturated rings. The number of ether oxygens (including phenoxy) is 1. The fourth-order valence-electron chi connectivity index (χ4n) is 2.64. The zero-order valence-corrected chi connectivity index (χ0v) is 14.5. The van der Waals surface area contributed by atoms with Crippen LogP contribution >= 0.6 is 0 Å². The Kier molecular flexibility index (Phi) is 6.19. The minimum atomic E-state index is -1.16. The van der Waals surface area contributed by atoms with Crippen molar-refractivity contribution in [3.63, 3.8) is 0 Å². The van der Waals surface area contributed by atoms with Crippen LogP contribution in [0.5, 0.6) is 0 Å². The number of carboxylic acid groups (broad SMARTS) is 1. The molecule has 0 amide bonds. The van der Waals surface area contributed by atoms with Crippen molar-refractivity contribution in [1.82, 2.24) is 5.32 Å². The first-order valence-electron chi connectivity index (χ1n) is 7.98. The predicted molar refractivity (Wildman–Crippen MR) is 94.2 cm³/mol. The second kappa shape index (κ2) is 8.55. The van der Waals surface area contributed by atoms with Crippen LogP contribution < -0.4 is 5.32 Å². The summed E-state index contributed by atoms with van der Waals surface area (Å²) >= 11 is 0. The van der Waals surface area contributed by atoms with Crippen molar-refractivity contribution in [2.45, 2.75) is 20.3 Å². The van der Waals surface area contributed by atoms with E-state index in [4.69, 9.17) is 10.00 Å². The molecule has 1 unspecified atom stereocenters. The molecule has 0 radical (unpaired) electrons. The summed E-state index contributed by atoms with van der Waals surface area (Å²) in [7, 11) is 0. The Morgan fingerprint density at radius 1 is 1.19 bits per heavy atom. The third kappa shape index (κ3) is 4.31. The van der Waals surface area contributed by atoms with Gasteiger partial charge in [-0.1, -0.05) is 30.0 Å². The van der Waals surface area contributed by atoms with E-state index in [9.17, 15) is 14.7 Å². The summed E-state index contributed by atoms with van der Waals surface area (Å²) in [4.78, 5) is 24.2. The third-order valence-corrected chi connectivity index (χ3v) is 3.79. The number of carbonyl (C=O) groups is 2. The molecule has 0 aliphatic carbocycles. The van der Waals surface area contributed by atoms with Crippen LogP contribution in [0.2, 0.25) is 0 Å². The van der Waals surface area contributed by atoms with Crippen LogP contribution in [0.4, 0.5) is 0 Å². The van der Waals surface area contributed by atoms with Gasteiger partial charge in [-0.05, 0) is 26.0 Å². The lowest BCUT2D eigenvalue weighted by atomic mass is 9.85. The normalized spacial score (nSPS) is 16.1. The third-order valence-electron chi connectivity index (χ3n) is 3.79. The molecule has 1 heterocycles. The van der Waals surface area contributed by atoms with E-state index < -0.39 is 17.9 Å². The second-order valence-electron chi connectivity index (χ2n) is 5.62. The highest BCUT2D eigenvalue weighted by Gasteiger charge is 2.35. The number of rotatable bonds is 4. The number of carbonyl (C=O) groups excluding carboxylic acids is 1. The highest BCUT2D eigenvalue weighted by Crippen LogP contribution is 2.30. The molecule has 1 aliphatic heterocycles. The van der Waals surface area contributed by atoms with Gasteiger partial charge in [0.05, 0.1) is 29.6 Å². The Morgan fingerprint density at radius 3 is 2.46 bits per heavy atom. The number of nitrogens with zero attached hydrogens (tertiary/aromatic N) is 1. The number of nitriles is 1. The maximum absolute atomic E-state index is 12.5. The number of dihydropyridines is 1. The number of hydrogen-bond acceptors (Lipinski definition) is 5. The maximum atomic E-state index is 12.5. The first-order valence-corrected chi connectivity index (χ1v) is 7.98. The lowest BCUT2D eigenvalue weighted by molar-refractivity contribution is -0.139. The molecule has 132 valence electrons. The van der Waals surface area contributed by atoms with Gasteiger partial charge >= 0.3 is 11.9 Å². The second-order valence-corrected chi connectivity index (χ2v) is 5.62. The molecule has 0 bridgehead atoms. The monoisotopic (exact) mass is 350 g/mol. The molecule has 1 aromatic carbocycles. The van der Waals surface area contributed by atoms with E-state index in [0.717, 1.165) is 0 Å². The fraction of sp³-hybridized carbons (Fsp3) is 0.250. The molecule has 2 N–H and O–H groups in total. The summed E-state index contributed by atoms with van der Waals surface area (Å²) in [6, 6.07) is 11.0. The first kappa shape index (κ1) is 18.8. The van der Waals surface area contributed by atoms with E-state index in [1.165, 1.54) is 0 Å². The zero-order chi connectivity index (χ0) is 19.1. The van der Waals surface area contributed by atoms with Gasteiger partial charge in [0, 0.05) is 17.0 Å². The summed E-state index contributed by atoms with van der Waals surface area (Å²) < 4.78 is 5.10. The Hall–Kier alpha value is -3.51. The van der Waals surface area contributed by atoms with Crippen molar-refractivity contribution in [2.75, 3.05) is 6.61 Å². The number of esters is 1. The van der Waals surface area contributed by atoms with Crippen LogP contribution in [-0.4, -0.2) is 23.7 Å². The smallest absolute Gasteiger partial charge is 0.337 e. The van der Waals surface area contributed by atoms with Crippen molar-refractivity contribution < 1.29 is 19.4 Å². The van der Waals surface area contributed by atoms with E-state index in [1.54, 1.807) is 26.0 Å². The van der Waals surface area contributed by atoms with E-state index in [2.05, 4.69) is 17.2 Å². The van der Waals surface area contributed by atoms with Gasteiger partial charge in [-0.2, -0.15) is 5.26 Å². The van der Waals surface area contributed by atoms with Gasteiger partial charge < -0.3 is 15.2 Å². The van der Waals surface area contributed by atoms with Crippen LogP contribution in [0.25, 0.3) is 0 Å². The summed E-state index contributed by atoms with van der Waals surface area (Å²) in [5.41, 5.74) is 1.78. The Labute approximate surface area is 151 Å². The van der Waals surface area contributed by atoms with Gasteiger partial charge in [-0.3, -0.25) is 0 Å². The zero-order valence-electron chi connectivity index (χ0n) is 14.5. The molecule has 1 aliphatic rings. The topological polar surface area (TPSA) is 99.4 Å². The molecule has 1 atom stereocenters. The molecule has 6 nitrogen and oxygen atoms in total. The van der Waals surface area contributed by atoms with E-state index >= 15 is 0 Å². The fourth-order valence-corrected chi connectivity index (χ4v) is 2.64. The van der Waals surface area contributed by atoms with Gasteiger partial charge in [-0.15, -0.1) is 0 Å². The highest BCUT2D eigenvalue weighted by molar-refractivity contribution is 5.98. The molecule has 0 aromatic heterocycles. The van der Waals surface area contributed by atoms with Crippen LogP contribution in [0.15, 0.2) is 52.9 Å². The van der Waals surface area contributed by atoms with Crippen molar-refractivity contribution in [2.24, 2.45) is 5.92 Å². The van der Waals surface area contributed by atoms with Crippen molar-refractivity contribution >= 4 is 11.9 Å². The lowest BCUT2D eigenvalue weighted by Gasteiger charge is -2.26. The molecular formula is C20H18N2O4. The minimum absolute atomic E-state index is 0.00580. The molecule has 26 heavy (non-hydrogen) atoms. The quantitative estimate of drug-likeness (QED) is 0.491. The number of nitrogens with one attached hydrogen (secondary N) is 1. The van der Waals surface area contributed by atoms with Crippen LogP contribution in [0, 0.1) is 29.1 Å². The van der Waals surface area contributed by atoms with Crippen LogP contribution in [0.3, 0.4) is 0 Å². The summed E-state index contributed by atoms with van der Waals surface area (Å²) in [5, 5.41) is 21.1. The molecule has 6 heteroatoms. The maximum Gasteiger partial charge on any atom is 0.337 e. The number of hydrogen-bond donors (Lipinski definition) is 2. The van der Waals surface area contributed by atoms with E-state index in [-0.39, 0.29) is 24.2 Å². The highest BCUT2D eigenvalue weighted by atomic mass is 16.5. The largest absolute Gasteiger partial charge is 0.478 e. The number of benzene rings is 1. The molecule has 0 saturated heterocycles. The minimum Gasteiger partial charge on any atom is -0.478 e. The van der Waals surface area contributed by atoms with Crippen LogP contribution in [0.1, 0.15) is 25.8 Å². The van der Waals surface area contributed by atoms with E-state index in [0.29, 0.717) is 17.0 Å². The number of allylic oxidation sites excluding steroid dienone is 2. The first-order chi connectivity index (χ1) is 12.5. The van der Waals surface area contributed by atoms with Crippen LogP contribution in [-0.2, 0) is 14.3 Å². The molecule has 2 rings (SSSR count). The van der Waals surface area contributed by atoms with Crippen molar-refractivity contribution in [1.29, 1.82) is 5.26 Å². The van der Waals surface area contributed by atoms with Gasteiger partial charge in [0.25, 0.3) is 0 Å². The van der Waals surface area contributed by atoms with Crippen molar-refractivity contribution in [3.05, 3.63) is 58.4 Å². The van der Waals surface area contributed by atoms with Gasteiger partial charge in [0.1, 0.15) is 6.61 Å². The number of carboxylic acids is 1. The summed E-state index contributed by atoms with van der Waals surface area (Å²) in [6.07, 6.45) is 0.0620. The molecule has 0 saturated carbocycles. The Morgan fingerprint density at radius 2 is 1.85 bits per heavy atom. The Bertz CT molecular complexity index is 880. The SMILES string of the molecule is CC1=C(C(=O)O)C(C#Cc2ccccc2)C(C(=O)OCCC#N)=C(C)N1. The molecular weight excluding hydrogens is 332 g/mol. The summed E-state index contributed by atoms with van der Waals surface area (Å²) in [5.74, 6) is 3.06. The Balaban J connectivity index is 2.44. The standard InChI is InChI=1S/C20H18N2O4/c1-13-17(19(23)24)16(10-9-15-7-4-3-5-8-15)18(14(2)22-13)20(25)26-12-6-11-21/h3-5,7-8,16,22H,6,12H2,1-2H3,(H,23,24). The molecule has 0 spiro atoms. The van der Waals surface area contributed by atoms with Gasteiger partial charge in [0.2, 0.25) is 0 Å². The number of aliphatic carboxylic acids is 1. The summed E-state index contributed by atoms with van der Waals surface area (Å²) in [6.45, 7) is 3.23.